The number of carbonyl (C=O) groups is 1. The van der Waals surface area contributed by atoms with Gasteiger partial charge in [-0.15, -0.1) is 0 Å². The molecule has 3 heterocycles. The number of rotatable bonds is 4. The van der Waals surface area contributed by atoms with Gasteiger partial charge in [-0.05, 0) is 53.4 Å². The Morgan fingerprint density at radius 2 is 1.88 bits per heavy atom. The molecule has 0 saturated carbocycles. The highest BCUT2D eigenvalue weighted by Crippen LogP contribution is 2.44. The van der Waals surface area contributed by atoms with Crippen molar-refractivity contribution in [3.05, 3.63) is 94.7 Å². The number of ether oxygens (including phenoxy) is 3. The summed E-state index contributed by atoms with van der Waals surface area (Å²) in [5.41, 5.74) is 5.57. The predicted molar refractivity (Wildman–Crippen MR) is 126 cm³/mol. The lowest BCUT2D eigenvalue weighted by Gasteiger charge is -2.39. The molecule has 4 aromatic rings. The zero-order valence-corrected chi connectivity index (χ0v) is 18.7. The van der Waals surface area contributed by atoms with Gasteiger partial charge in [0, 0.05) is 23.1 Å². The summed E-state index contributed by atoms with van der Waals surface area (Å²) in [7, 11) is 1.35. The zero-order chi connectivity index (χ0) is 23.2. The van der Waals surface area contributed by atoms with Gasteiger partial charge in [-0.25, -0.2) is 4.79 Å². The second-order valence-corrected chi connectivity index (χ2v) is 8.55. The van der Waals surface area contributed by atoms with E-state index in [9.17, 15) is 9.90 Å². The number of nitrogens with zero attached hydrogens (tertiary/aromatic N) is 1. The molecule has 2 atom stereocenters. The average molecular weight is 456 g/mol. The Hall–Kier alpha value is -3.81. The monoisotopic (exact) mass is 456 g/mol. The Labute approximate surface area is 196 Å². The number of carbonyl (C=O) groups excluding carboxylic acids is 1. The van der Waals surface area contributed by atoms with Gasteiger partial charge in [0.15, 0.2) is 11.5 Å². The van der Waals surface area contributed by atoms with Gasteiger partial charge >= 0.3 is 5.97 Å². The third-order valence-corrected chi connectivity index (χ3v) is 6.73. The molecule has 0 spiro atoms. The first-order valence-corrected chi connectivity index (χ1v) is 11.2. The van der Waals surface area contributed by atoms with Crippen LogP contribution < -0.4 is 9.47 Å². The second-order valence-electron chi connectivity index (χ2n) is 8.55. The summed E-state index contributed by atoms with van der Waals surface area (Å²) in [6.07, 6.45) is -0.0702. The number of para-hydroxylation sites is 1. The van der Waals surface area contributed by atoms with Crippen molar-refractivity contribution in [3.63, 3.8) is 0 Å². The van der Waals surface area contributed by atoms with Crippen molar-refractivity contribution in [1.29, 1.82) is 0 Å². The lowest BCUT2D eigenvalue weighted by Crippen LogP contribution is -2.39. The smallest absolute Gasteiger partial charge is 0.337 e. The molecule has 0 saturated heterocycles. The molecule has 34 heavy (non-hydrogen) atoms. The van der Waals surface area contributed by atoms with E-state index in [4.69, 9.17) is 14.2 Å². The molecule has 0 amide bonds. The van der Waals surface area contributed by atoms with Gasteiger partial charge in [-0.3, -0.25) is 4.90 Å². The van der Waals surface area contributed by atoms with E-state index in [2.05, 4.69) is 28.1 Å². The number of aliphatic hydroxyl groups is 1. The summed E-state index contributed by atoms with van der Waals surface area (Å²) in [6, 6.07) is 20.9. The molecule has 0 fully saturated rings. The van der Waals surface area contributed by atoms with Crippen molar-refractivity contribution in [2.75, 3.05) is 20.4 Å². The van der Waals surface area contributed by atoms with E-state index < -0.39 is 12.2 Å². The van der Waals surface area contributed by atoms with Crippen LogP contribution in [0.4, 0.5) is 0 Å². The van der Waals surface area contributed by atoms with E-state index in [0.29, 0.717) is 23.4 Å². The predicted octanol–water partition coefficient (Wildman–Crippen LogP) is 4.32. The first-order chi connectivity index (χ1) is 16.6. The Balaban J connectivity index is 1.44. The number of esters is 1. The van der Waals surface area contributed by atoms with E-state index in [1.165, 1.54) is 18.1 Å². The Bertz CT molecular complexity index is 1380. The van der Waals surface area contributed by atoms with E-state index in [1.54, 1.807) is 24.3 Å². The van der Waals surface area contributed by atoms with E-state index in [1.807, 2.05) is 24.3 Å². The van der Waals surface area contributed by atoms with Gasteiger partial charge in [0.25, 0.3) is 0 Å². The molecular weight excluding hydrogens is 432 g/mol. The molecule has 0 bridgehead atoms. The van der Waals surface area contributed by atoms with Crippen molar-refractivity contribution in [2.24, 2.45) is 0 Å². The standard InChI is InChI=1S/C27H24N2O5/c1-32-27(31)17-8-6-16(7-9-17)26(30)29-13-12-20-19-4-2-3-5-21(19)28-24(20)25(29)18-10-11-22-23(14-18)34-15-33-22/h2-11,14,25-26,28,30H,12-13,15H2,1H3. The summed E-state index contributed by atoms with van der Waals surface area (Å²) in [6.45, 7) is 0.869. The van der Waals surface area contributed by atoms with Crippen LogP contribution >= 0.6 is 0 Å². The number of aliphatic hydroxyl groups excluding tert-OH is 1. The first kappa shape index (κ1) is 20.8. The lowest BCUT2D eigenvalue weighted by atomic mass is 9.91. The fraction of sp³-hybridized carbons (Fsp3) is 0.222. The van der Waals surface area contributed by atoms with E-state index >= 15 is 0 Å². The number of hydrogen-bond acceptors (Lipinski definition) is 6. The fourth-order valence-corrected chi connectivity index (χ4v) is 5.06. The molecule has 172 valence electrons. The summed E-state index contributed by atoms with van der Waals surface area (Å²) in [5, 5.41) is 12.7. The number of aromatic amines is 1. The molecule has 2 aliphatic rings. The minimum atomic E-state index is -0.873. The normalized spacial score (nSPS) is 18.0. The molecule has 1 aromatic heterocycles. The Morgan fingerprint density at radius 3 is 2.71 bits per heavy atom. The molecular formula is C27H24N2O5. The summed E-state index contributed by atoms with van der Waals surface area (Å²) < 4.78 is 16.0. The first-order valence-electron chi connectivity index (χ1n) is 11.2. The number of aromatic nitrogens is 1. The van der Waals surface area contributed by atoms with Crippen LogP contribution in [0.5, 0.6) is 11.5 Å². The van der Waals surface area contributed by atoms with Gasteiger partial charge in [-0.1, -0.05) is 36.4 Å². The highest BCUT2D eigenvalue weighted by Gasteiger charge is 2.36. The molecule has 0 aliphatic carbocycles. The average Bonchev–Trinajstić information content (AvgIpc) is 3.51. The number of benzene rings is 3. The fourth-order valence-electron chi connectivity index (χ4n) is 5.06. The molecule has 2 unspecified atom stereocenters. The maximum Gasteiger partial charge on any atom is 0.337 e. The van der Waals surface area contributed by atoms with Gasteiger partial charge in [0.1, 0.15) is 6.23 Å². The SMILES string of the molecule is COC(=O)c1ccc(C(O)N2CCc3c([nH]c4ccccc34)C2c2ccc3c(c2)OCO3)cc1. The number of H-pyrrole nitrogens is 1. The van der Waals surface area contributed by atoms with Crippen LogP contribution in [-0.2, 0) is 11.2 Å². The van der Waals surface area contributed by atoms with Crippen LogP contribution in [0.2, 0.25) is 0 Å². The Morgan fingerprint density at radius 1 is 1.09 bits per heavy atom. The minimum absolute atomic E-state index is 0.208. The zero-order valence-electron chi connectivity index (χ0n) is 18.7. The van der Waals surface area contributed by atoms with Crippen LogP contribution in [0.25, 0.3) is 10.9 Å². The van der Waals surface area contributed by atoms with Crippen molar-refractivity contribution in [3.8, 4) is 11.5 Å². The third-order valence-electron chi connectivity index (χ3n) is 6.73. The maximum atomic E-state index is 11.8. The van der Waals surface area contributed by atoms with Crippen LogP contribution in [0.15, 0.2) is 66.7 Å². The molecule has 0 radical (unpaired) electrons. The van der Waals surface area contributed by atoms with Gasteiger partial charge in [0.05, 0.1) is 18.7 Å². The number of hydrogen-bond donors (Lipinski definition) is 2. The van der Waals surface area contributed by atoms with E-state index in [-0.39, 0.29) is 12.8 Å². The Kier molecular flexibility index (Phi) is 5.01. The van der Waals surface area contributed by atoms with Crippen LogP contribution in [-0.4, -0.2) is 41.4 Å². The molecule has 2 N–H and O–H groups in total. The maximum absolute atomic E-state index is 11.8. The summed E-state index contributed by atoms with van der Waals surface area (Å²) in [5.74, 6) is 1.03. The van der Waals surface area contributed by atoms with Crippen molar-refractivity contribution in [2.45, 2.75) is 18.7 Å². The second kappa shape index (κ2) is 8.20. The molecule has 2 aliphatic heterocycles. The van der Waals surface area contributed by atoms with Crippen LogP contribution in [0, 0.1) is 0 Å². The molecule has 7 heteroatoms. The summed E-state index contributed by atoms with van der Waals surface area (Å²) >= 11 is 0. The lowest BCUT2D eigenvalue weighted by molar-refractivity contribution is -0.0235. The number of nitrogens with one attached hydrogen (secondary N) is 1. The molecule has 6 rings (SSSR count). The largest absolute Gasteiger partial charge is 0.465 e. The minimum Gasteiger partial charge on any atom is -0.465 e. The highest BCUT2D eigenvalue weighted by atomic mass is 16.7. The van der Waals surface area contributed by atoms with Crippen molar-refractivity contribution >= 4 is 16.9 Å². The topological polar surface area (TPSA) is 84.0 Å². The van der Waals surface area contributed by atoms with Crippen LogP contribution in [0.1, 0.15) is 45.0 Å². The molecule has 7 nitrogen and oxygen atoms in total. The van der Waals surface area contributed by atoms with Gasteiger partial charge in [-0.2, -0.15) is 0 Å². The van der Waals surface area contributed by atoms with E-state index in [0.717, 1.165) is 28.9 Å². The third kappa shape index (κ3) is 3.32. The van der Waals surface area contributed by atoms with Gasteiger partial charge in [0.2, 0.25) is 6.79 Å². The number of methoxy groups -OCH3 is 1. The van der Waals surface area contributed by atoms with Gasteiger partial charge < -0.3 is 24.3 Å². The quantitative estimate of drug-likeness (QED) is 0.445. The van der Waals surface area contributed by atoms with Crippen molar-refractivity contribution in [1.82, 2.24) is 9.88 Å². The summed E-state index contributed by atoms with van der Waals surface area (Å²) in [4.78, 5) is 17.5. The highest BCUT2D eigenvalue weighted by molar-refractivity contribution is 5.89. The van der Waals surface area contributed by atoms with Crippen LogP contribution in [0.3, 0.4) is 0 Å². The molecule has 3 aromatic carbocycles. The number of fused-ring (bicyclic) bond motifs is 4. The van der Waals surface area contributed by atoms with Crippen molar-refractivity contribution < 1.29 is 24.1 Å².